The SMILES string of the molecule is CCC(C)C(NC(=O)C(NC(=O)C(CCCCN)NC(=O)C(N)CCC(N)=O)C(C)O)C(=O)O. The van der Waals surface area contributed by atoms with Crippen molar-refractivity contribution in [1.82, 2.24) is 16.0 Å². The Hall–Kier alpha value is -2.77. The first-order chi connectivity index (χ1) is 15.8. The van der Waals surface area contributed by atoms with E-state index in [2.05, 4.69) is 16.0 Å². The van der Waals surface area contributed by atoms with E-state index in [0.717, 1.165) is 0 Å². The second kappa shape index (κ2) is 16.0. The normalized spacial score (nSPS) is 16.3. The summed E-state index contributed by atoms with van der Waals surface area (Å²) >= 11 is 0. The molecule has 0 aliphatic rings. The second-order valence-electron chi connectivity index (χ2n) is 8.39. The predicted octanol–water partition coefficient (Wildman–Crippen LogP) is -2.33. The van der Waals surface area contributed by atoms with Crippen LogP contribution < -0.4 is 33.2 Å². The van der Waals surface area contributed by atoms with Crippen LogP contribution in [0.3, 0.4) is 0 Å². The summed E-state index contributed by atoms with van der Waals surface area (Å²) in [5.74, 6) is -4.57. The van der Waals surface area contributed by atoms with Gasteiger partial charge >= 0.3 is 5.97 Å². The van der Waals surface area contributed by atoms with E-state index in [0.29, 0.717) is 25.8 Å². The molecule has 0 heterocycles. The molecule has 13 nitrogen and oxygen atoms in total. The van der Waals surface area contributed by atoms with Crippen molar-refractivity contribution < 1.29 is 34.2 Å². The van der Waals surface area contributed by atoms with Gasteiger partial charge in [-0.05, 0) is 45.1 Å². The minimum Gasteiger partial charge on any atom is -0.480 e. The summed E-state index contributed by atoms with van der Waals surface area (Å²) in [6, 6.07) is -4.85. The number of carbonyl (C=O) groups excluding carboxylic acids is 4. The third kappa shape index (κ3) is 11.4. The molecule has 0 spiro atoms. The van der Waals surface area contributed by atoms with Crippen LogP contribution in [0, 0.1) is 5.92 Å². The zero-order valence-corrected chi connectivity index (χ0v) is 20.1. The van der Waals surface area contributed by atoms with Gasteiger partial charge in [0.1, 0.15) is 18.1 Å². The number of unbranched alkanes of at least 4 members (excludes halogenated alkanes) is 1. The van der Waals surface area contributed by atoms with Crippen LogP contribution in [0.15, 0.2) is 0 Å². The molecule has 34 heavy (non-hydrogen) atoms. The molecular weight excluding hydrogens is 448 g/mol. The number of nitrogens with one attached hydrogen (secondary N) is 3. The van der Waals surface area contributed by atoms with Crippen LogP contribution in [0.4, 0.5) is 0 Å². The number of amides is 4. The fraction of sp³-hybridized carbons (Fsp3) is 0.762. The summed E-state index contributed by atoms with van der Waals surface area (Å²) in [4.78, 5) is 60.5. The van der Waals surface area contributed by atoms with Crippen LogP contribution >= 0.6 is 0 Å². The van der Waals surface area contributed by atoms with Gasteiger partial charge in [-0.2, -0.15) is 0 Å². The first-order valence-corrected chi connectivity index (χ1v) is 11.4. The lowest BCUT2D eigenvalue weighted by atomic mass is 9.98. The molecule has 4 amide bonds. The van der Waals surface area contributed by atoms with Gasteiger partial charge in [-0.15, -0.1) is 0 Å². The van der Waals surface area contributed by atoms with E-state index in [4.69, 9.17) is 17.2 Å². The molecule has 0 aromatic heterocycles. The summed E-state index contributed by atoms with van der Waals surface area (Å²) in [6.07, 6.45) is 0.236. The van der Waals surface area contributed by atoms with Crippen molar-refractivity contribution >= 4 is 29.6 Å². The van der Waals surface area contributed by atoms with E-state index in [1.54, 1.807) is 13.8 Å². The maximum atomic E-state index is 12.9. The Balaban J connectivity index is 5.45. The molecule has 0 saturated carbocycles. The average Bonchev–Trinajstić information content (AvgIpc) is 2.77. The Morgan fingerprint density at radius 3 is 1.94 bits per heavy atom. The average molecular weight is 489 g/mol. The Morgan fingerprint density at radius 1 is 0.882 bits per heavy atom. The van der Waals surface area contributed by atoms with Crippen LogP contribution in [0.2, 0.25) is 0 Å². The Morgan fingerprint density at radius 2 is 1.47 bits per heavy atom. The fourth-order valence-electron chi connectivity index (χ4n) is 3.05. The van der Waals surface area contributed by atoms with Gasteiger partial charge in [0.2, 0.25) is 23.6 Å². The predicted molar refractivity (Wildman–Crippen MR) is 124 cm³/mol. The number of primary amides is 1. The molecule has 0 aromatic carbocycles. The highest BCUT2D eigenvalue weighted by Gasteiger charge is 2.33. The van der Waals surface area contributed by atoms with Crippen molar-refractivity contribution in [2.45, 2.75) is 89.6 Å². The number of rotatable bonds is 17. The molecule has 6 unspecified atom stereocenters. The van der Waals surface area contributed by atoms with E-state index in [1.807, 2.05) is 0 Å². The molecule has 0 radical (unpaired) electrons. The number of hydrogen-bond donors (Lipinski definition) is 8. The molecule has 0 rings (SSSR count). The lowest BCUT2D eigenvalue weighted by molar-refractivity contribution is -0.144. The van der Waals surface area contributed by atoms with Crippen LogP contribution in [0.5, 0.6) is 0 Å². The number of aliphatic hydroxyl groups is 1. The van der Waals surface area contributed by atoms with Crippen LogP contribution in [0.1, 0.15) is 59.3 Å². The smallest absolute Gasteiger partial charge is 0.326 e. The highest BCUT2D eigenvalue weighted by atomic mass is 16.4. The number of aliphatic carboxylic acids is 1. The van der Waals surface area contributed by atoms with Crippen molar-refractivity contribution in [3.63, 3.8) is 0 Å². The molecule has 0 bridgehead atoms. The standard InChI is InChI=1S/C21H40N6O7/c1-4-11(2)16(21(33)34)26-20(32)17(12(3)28)27-19(31)14(7-5-6-10-22)25-18(30)13(23)8-9-15(24)29/h11-14,16-17,28H,4-10,22-23H2,1-3H3,(H2,24,29)(H,25,30)(H,26,32)(H,27,31)(H,33,34). The molecule has 11 N–H and O–H groups in total. The second-order valence-corrected chi connectivity index (χ2v) is 8.39. The molecule has 196 valence electrons. The fourth-order valence-corrected chi connectivity index (χ4v) is 3.05. The molecule has 0 fully saturated rings. The van der Waals surface area contributed by atoms with Crippen LogP contribution in [-0.4, -0.2) is 76.6 Å². The number of hydrogen-bond acceptors (Lipinski definition) is 8. The zero-order valence-electron chi connectivity index (χ0n) is 20.1. The molecule has 0 aliphatic carbocycles. The molecule has 0 aliphatic heterocycles. The van der Waals surface area contributed by atoms with Crippen LogP contribution in [-0.2, 0) is 24.0 Å². The van der Waals surface area contributed by atoms with E-state index in [1.165, 1.54) is 6.92 Å². The Bertz CT molecular complexity index is 703. The van der Waals surface area contributed by atoms with Gasteiger partial charge in [0.25, 0.3) is 0 Å². The maximum absolute atomic E-state index is 12.9. The monoisotopic (exact) mass is 488 g/mol. The number of carbonyl (C=O) groups is 5. The summed E-state index contributed by atoms with van der Waals surface area (Å²) in [7, 11) is 0. The summed E-state index contributed by atoms with van der Waals surface area (Å²) in [5, 5.41) is 26.7. The summed E-state index contributed by atoms with van der Waals surface area (Å²) < 4.78 is 0. The lowest BCUT2D eigenvalue weighted by Gasteiger charge is -2.27. The number of nitrogens with two attached hydrogens (primary N) is 3. The number of carboxylic acid groups (broad SMARTS) is 1. The topological polar surface area (TPSA) is 240 Å². The van der Waals surface area contributed by atoms with Gasteiger partial charge in [0.05, 0.1) is 12.1 Å². The minimum atomic E-state index is -1.46. The first-order valence-electron chi connectivity index (χ1n) is 11.4. The van der Waals surface area contributed by atoms with Crippen molar-refractivity contribution in [3.8, 4) is 0 Å². The summed E-state index contributed by atoms with van der Waals surface area (Å²) in [6.45, 7) is 5.06. The van der Waals surface area contributed by atoms with E-state index < -0.39 is 65.8 Å². The molecule has 0 saturated heterocycles. The third-order valence-corrected chi connectivity index (χ3v) is 5.46. The molecular formula is C21H40N6O7. The molecule has 0 aromatic rings. The van der Waals surface area contributed by atoms with E-state index >= 15 is 0 Å². The Labute approximate surface area is 199 Å². The van der Waals surface area contributed by atoms with Crippen LogP contribution in [0.25, 0.3) is 0 Å². The number of carboxylic acids is 1. The van der Waals surface area contributed by atoms with Crippen molar-refractivity contribution in [2.75, 3.05) is 6.54 Å². The van der Waals surface area contributed by atoms with Crippen molar-refractivity contribution in [1.29, 1.82) is 0 Å². The number of aliphatic hydroxyl groups excluding tert-OH is 1. The minimum absolute atomic E-state index is 0.0107. The van der Waals surface area contributed by atoms with Gasteiger partial charge < -0.3 is 43.4 Å². The summed E-state index contributed by atoms with van der Waals surface area (Å²) in [5.41, 5.74) is 16.3. The van der Waals surface area contributed by atoms with E-state index in [9.17, 15) is 34.2 Å². The van der Waals surface area contributed by atoms with Crippen molar-refractivity contribution in [3.05, 3.63) is 0 Å². The molecule has 6 atom stereocenters. The van der Waals surface area contributed by atoms with Gasteiger partial charge in [0, 0.05) is 6.42 Å². The van der Waals surface area contributed by atoms with E-state index in [-0.39, 0.29) is 19.3 Å². The largest absolute Gasteiger partial charge is 0.480 e. The first kappa shape index (κ1) is 31.2. The van der Waals surface area contributed by atoms with Gasteiger partial charge in [-0.3, -0.25) is 19.2 Å². The molecule has 13 heteroatoms. The quantitative estimate of drug-likeness (QED) is 0.102. The Kier molecular flexibility index (Phi) is 14.7. The highest BCUT2D eigenvalue weighted by molar-refractivity contribution is 5.94. The third-order valence-electron chi connectivity index (χ3n) is 5.46. The van der Waals surface area contributed by atoms with Gasteiger partial charge in [-0.1, -0.05) is 20.3 Å². The van der Waals surface area contributed by atoms with Gasteiger partial charge in [-0.25, -0.2) is 4.79 Å². The lowest BCUT2D eigenvalue weighted by Crippen LogP contribution is -2.60. The zero-order chi connectivity index (χ0) is 26.4. The maximum Gasteiger partial charge on any atom is 0.326 e. The highest BCUT2D eigenvalue weighted by Crippen LogP contribution is 2.09. The van der Waals surface area contributed by atoms with Gasteiger partial charge in [0.15, 0.2) is 0 Å². The van der Waals surface area contributed by atoms with Crippen molar-refractivity contribution in [2.24, 2.45) is 23.1 Å².